The van der Waals surface area contributed by atoms with Crippen LogP contribution in [0.25, 0.3) is 5.65 Å². The first-order chi connectivity index (χ1) is 15.6. The second kappa shape index (κ2) is 7.74. The number of pyridine rings is 1. The van der Waals surface area contributed by atoms with E-state index in [9.17, 15) is 9.59 Å². The van der Waals surface area contributed by atoms with Crippen molar-refractivity contribution in [2.24, 2.45) is 17.8 Å². The Morgan fingerprint density at radius 1 is 1.06 bits per heavy atom. The van der Waals surface area contributed by atoms with Crippen LogP contribution < -0.4 is 10.6 Å². The standard InChI is InChI=1S/C24H32N6O2/c31-21(29-9-3-4-19(29)22-28-27-20-5-1-2-8-30(20)22)6-7-25-23(32)26-24-13-16-10-17(14-24)12-18(11-16)15-24/h1-2,5,8,16-19H,3-4,6-7,9-15H2,(H2,25,26,32)/t16?,17?,18?,19-,24?/m1/s1. The second-order valence-corrected chi connectivity index (χ2v) is 10.6. The predicted octanol–water partition coefficient (Wildman–Crippen LogP) is 3.05. The summed E-state index contributed by atoms with van der Waals surface area (Å²) in [5.41, 5.74) is 0.794. The highest BCUT2D eigenvalue weighted by Crippen LogP contribution is 2.55. The summed E-state index contributed by atoms with van der Waals surface area (Å²) in [5, 5.41) is 14.9. The van der Waals surface area contributed by atoms with E-state index < -0.39 is 0 Å². The van der Waals surface area contributed by atoms with Gasteiger partial charge in [-0.15, -0.1) is 10.2 Å². The molecule has 0 aromatic carbocycles. The molecule has 0 radical (unpaired) electrons. The summed E-state index contributed by atoms with van der Waals surface area (Å²) >= 11 is 0. The highest BCUT2D eigenvalue weighted by atomic mass is 16.2. The van der Waals surface area contributed by atoms with E-state index >= 15 is 0 Å². The lowest BCUT2D eigenvalue weighted by Crippen LogP contribution is -2.61. The molecule has 4 aliphatic carbocycles. The van der Waals surface area contributed by atoms with Gasteiger partial charge in [0.15, 0.2) is 11.5 Å². The quantitative estimate of drug-likeness (QED) is 0.754. The molecule has 32 heavy (non-hydrogen) atoms. The summed E-state index contributed by atoms with van der Waals surface area (Å²) in [6, 6.07) is 5.64. The molecule has 5 aliphatic rings. The zero-order valence-corrected chi connectivity index (χ0v) is 18.5. The van der Waals surface area contributed by atoms with Gasteiger partial charge in [-0.25, -0.2) is 4.79 Å². The Morgan fingerprint density at radius 2 is 1.81 bits per heavy atom. The highest BCUT2D eigenvalue weighted by Gasteiger charge is 2.51. The number of amides is 3. The molecule has 0 unspecified atom stereocenters. The van der Waals surface area contributed by atoms with E-state index in [2.05, 4.69) is 20.8 Å². The molecule has 170 valence electrons. The summed E-state index contributed by atoms with van der Waals surface area (Å²) in [4.78, 5) is 27.5. The van der Waals surface area contributed by atoms with Crippen LogP contribution in [0.1, 0.15) is 69.7 Å². The van der Waals surface area contributed by atoms with E-state index in [0.717, 1.165) is 67.9 Å². The van der Waals surface area contributed by atoms with Crippen LogP contribution in [0, 0.1) is 17.8 Å². The van der Waals surface area contributed by atoms with Gasteiger partial charge in [0, 0.05) is 31.2 Å². The molecule has 2 aromatic rings. The molecular weight excluding hydrogens is 404 g/mol. The molecule has 4 saturated carbocycles. The Bertz CT molecular complexity index is 997. The molecule has 1 atom stereocenters. The molecule has 8 heteroatoms. The molecule has 1 saturated heterocycles. The van der Waals surface area contributed by atoms with Crippen molar-refractivity contribution >= 4 is 17.6 Å². The largest absolute Gasteiger partial charge is 0.338 e. The van der Waals surface area contributed by atoms with Crippen molar-refractivity contribution < 1.29 is 9.59 Å². The summed E-state index contributed by atoms with van der Waals surface area (Å²) in [6.07, 6.45) is 11.6. The lowest BCUT2D eigenvalue weighted by atomic mass is 9.53. The Balaban J connectivity index is 1.04. The van der Waals surface area contributed by atoms with E-state index in [1.807, 2.05) is 33.7 Å². The third-order valence-electron chi connectivity index (χ3n) is 8.25. The van der Waals surface area contributed by atoms with Gasteiger partial charge in [-0.2, -0.15) is 0 Å². The maximum atomic E-state index is 13.0. The Kier molecular flexibility index (Phi) is 4.84. The number of nitrogens with zero attached hydrogens (tertiary/aromatic N) is 4. The first-order valence-corrected chi connectivity index (χ1v) is 12.2. The fourth-order valence-electron chi connectivity index (χ4n) is 7.40. The van der Waals surface area contributed by atoms with E-state index in [4.69, 9.17) is 0 Å². The number of likely N-dealkylation sites (tertiary alicyclic amines) is 1. The van der Waals surface area contributed by atoms with Gasteiger partial charge in [0.2, 0.25) is 5.91 Å². The normalized spacial score (nSPS) is 33.1. The van der Waals surface area contributed by atoms with Gasteiger partial charge in [0.1, 0.15) is 0 Å². The highest BCUT2D eigenvalue weighted by molar-refractivity contribution is 5.79. The number of nitrogens with one attached hydrogen (secondary N) is 2. The van der Waals surface area contributed by atoms with Gasteiger partial charge in [-0.1, -0.05) is 6.07 Å². The third kappa shape index (κ3) is 3.53. The van der Waals surface area contributed by atoms with Gasteiger partial charge in [0.25, 0.3) is 0 Å². The van der Waals surface area contributed by atoms with E-state index in [1.54, 1.807) is 0 Å². The number of fused-ring (bicyclic) bond motifs is 1. The van der Waals surface area contributed by atoms with Crippen molar-refractivity contribution in [1.82, 2.24) is 30.1 Å². The van der Waals surface area contributed by atoms with E-state index in [-0.39, 0.29) is 23.5 Å². The minimum absolute atomic E-state index is 0.00236. The fraction of sp³-hybridized carbons (Fsp3) is 0.667. The van der Waals surface area contributed by atoms with E-state index in [0.29, 0.717) is 13.0 Å². The molecule has 4 bridgehead atoms. The summed E-state index contributed by atoms with van der Waals surface area (Å²) in [6.45, 7) is 1.09. The van der Waals surface area contributed by atoms with Crippen molar-refractivity contribution in [2.75, 3.05) is 13.1 Å². The number of urea groups is 1. The minimum atomic E-state index is -0.110. The SMILES string of the molecule is O=C(NCCC(=O)N1CCC[C@@H]1c1nnc2ccccn12)NC12CC3CC(CC(C3)C1)C2. The Labute approximate surface area is 188 Å². The molecule has 3 heterocycles. The number of carbonyl (C=O) groups is 2. The Morgan fingerprint density at radius 3 is 2.56 bits per heavy atom. The minimum Gasteiger partial charge on any atom is -0.338 e. The van der Waals surface area contributed by atoms with Gasteiger partial charge in [0.05, 0.1) is 6.04 Å². The number of aromatic nitrogens is 3. The average Bonchev–Trinajstić information content (AvgIpc) is 3.39. The molecule has 8 nitrogen and oxygen atoms in total. The summed E-state index contributed by atoms with van der Waals surface area (Å²) < 4.78 is 1.97. The first kappa shape index (κ1) is 20.0. The van der Waals surface area contributed by atoms with Crippen LogP contribution in [0.5, 0.6) is 0 Å². The van der Waals surface area contributed by atoms with Gasteiger partial charge >= 0.3 is 6.03 Å². The maximum absolute atomic E-state index is 13.0. The molecule has 5 fully saturated rings. The summed E-state index contributed by atoms with van der Waals surface area (Å²) in [5.74, 6) is 3.27. The van der Waals surface area contributed by atoms with Crippen molar-refractivity contribution in [1.29, 1.82) is 0 Å². The predicted molar refractivity (Wildman–Crippen MR) is 119 cm³/mol. The molecule has 2 N–H and O–H groups in total. The topological polar surface area (TPSA) is 91.6 Å². The monoisotopic (exact) mass is 436 g/mol. The molecule has 1 aliphatic heterocycles. The molecular formula is C24H32N6O2. The van der Waals surface area contributed by atoms with Crippen LogP contribution in [0.4, 0.5) is 4.79 Å². The van der Waals surface area contributed by atoms with Crippen LogP contribution >= 0.6 is 0 Å². The fourth-order valence-corrected chi connectivity index (χ4v) is 7.40. The van der Waals surface area contributed by atoms with Crippen molar-refractivity contribution in [2.45, 2.75) is 69.4 Å². The van der Waals surface area contributed by atoms with Gasteiger partial charge in [-0.3, -0.25) is 9.20 Å². The smallest absolute Gasteiger partial charge is 0.315 e. The lowest BCUT2D eigenvalue weighted by Gasteiger charge is -2.56. The second-order valence-electron chi connectivity index (χ2n) is 10.6. The molecule has 3 amide bonds. The zero-order valence-electron chi connectivity index (χ0n) is 18.5. The van der Waals surface area contributed by atoms with Crippen LogP contribution in [0.15, 0.2) is 24.4 Å². The molecule has 7 rings (SSSR count). The molecule has 2 aromatic heterocycles. The first-order valence-electron chi connectivity index (χ1n) is 12.2. The van der Waals surface area contributed by atoms with Crippen LogP contribution in [0.2, 0.25) is 0 Å². The Hall–Kier alpha value is -2.64. The van der Waals surface area contributed by atoms with Gasteiger partial charge in [-0.05, 0) is 81.3 Å². The third-order valence-corrected chi connectivity index (χ3v) is 8.25. The number of hydrogen-bond donors (Lipinski definition) is 2. The van der Waals surface area contributed by atoms with Crippen molar-refractivity contribution in [3.8, 4) is 0 Å². The zero-order chi connectivity index (χ0) is 21.7. The van der Waals surface area contributed by atoms with Crippen LogP contribution in [-0.2, 0) is 4.79 Å². The lowest BCUT2D eigenvalue weighted by molar-refractivity contribution is -0.132. The number of rotatable bonds is 5. The number of hydrogen-bond acceptors (Lipinski definition) is 4. The number of carbonyl (C=O) groups excluding carboxylic acids is 2. The van der Waals surface area contributed by atoms with Crippen molar-refractivity contribution in [3.05, 3.63) is 30.2 Å². The van der Waals surface area contributed by atoms with Crippen LogP contribution in [-0.4, -0.2) is 50.1 Å². The van der Waals surface area contributed by atoms with Crippen molar-refractivity contribution in [3.63, 3.8) is 0 Å². The van der Waals surface area contributed by atoms with Crippen LogP contribution in [0.3, 0.4) is 0 Å². The van der Waals surface area contributed by atoms with E-state index in [1.165, 1.54) is 19.3 Å². The van der Waals surface area contributed by atoms with Gasteiger partial charge < -0.3 is 15.5 Å². The molecule has 0 spiro atoms. The average molecular weight is 437 g/mol. The maximum Gasteiger partial charge on any atom is 0.315 e. The summed E-state index contributed by atoms with van der Waals surface area (Å²) in [7, 11) is 0.